The first kappa shape index (κ1) is 14.8. The van der Waals surface area contributed by atoms with E-state index in [4.69, 9.17) is 9.47 Å². The second-order valence-corrected chi connectivity index (χ2v) is 6.89. The van der Waals surface area contributed by atoms with Gasteiger partial charge in [0.15, 0.2) is 11.5 Å². The molecule has 1 aromatic carbocycles. The molecule has 3 atom stereocenters. The number of nitrogens with zero attached hydrogens (tertiary/aromatic N) is 2. The minimum atomic E-state index is -0.592. The van der Waals surface area contributed by atoms with E-state index in [2.05, 4.69) is 17.0 Å². The van der Waals surface area contributed by atoms with E-state index < -0.39 is 5.60 Å². The first-order valence-electron chi connectivity index (χ1n) is 8.44. The molecule has 3 aliphatic rings. The normalized spacial score (nSPS) is 33.0. The molecule has 1 N–H and O–H groups in total. The van der Waals surface area contributed by atoms with Crippen LogP contribution < -0.4 is 9.47 Å². The van der Waals surface area contributed by atoms with Gasteiger partial charge < -0.3 is 14.6 Å². The van der Waals surface area contributed by atoms with Gasteiger partial charge in [0.25, 0.3) is 0 Å². The van der Waals surface area contributed by atoms with E-state index in [0.717, 1.165) is 55.7 Å². The summed E-state index contributed by atoms with van der Waals surface area (Å²) in [5, 5.41) is 20.3. The molecule has 1 aromatic rings. The van der Waals surface area contributed by atoms with Crippen molar-refractivity contribution in [3.8, 4) is 17.6 Å². The van der Waals surface area contributed by atoms with Gasteiger partial charge >= 0.3 is 0 Å². The van der Waals surface area contributed by atoms with Crippen molar-refractivity contribution in [2.24, 2.45) is 5.92 Å². The Labute approximate surface area is 136 Å². The van der Waals surface area contributed by atoms with Crippen molar-refractivity contribution in [3.63, 3.8) is 0 Å². The van der Waals surface area contributed by atoms with Crippen LogP contribution in [0.25, 0.3) is 0 Å². The lowest BCUT2D eigenvalue weighted by Crippen LogP contribution is -2.54. The van der Waals surface area contributed by atoms with Crippen molar-refractivity contribution in [1.82, 2.24) is 4.90 Å². The molecule has 2 heterocycles. The molecule has 0 radical (unpaired) electrons. The number of ether oxygens (including phenoxy) is 2. The van der Waals surface area contributed by atoms with Gasteiger partial charge in [0, 0.05) is 18.5 Å². The van der Waals surface area contributed by atoms with Crippen LogP contribution in [0.15, 0.2) is 18.2 Å². The maximum Gasteiger partial charge on any atom is 0.231 e. The lowest BCUT2D eigenvalue weighted by atomic mass is 9.66. The van der Waals surface area contributed by atoms with E-state index in [-0.39, 0.29) is 18.8 Å². The molecule has 23 heavy (non-hydrogen) atoms. The highest BCUT2D eigenvalue weighted by Crippen LogP contribution is 2.50. The Morgan fingerprint density at radius 3 is 3.00 bits per heavy atom. The summed E-state index contributed by atoms with van der Waals surface area (Å²) in [6.07, 6.45) is 4.89. The quantitative estimate of drug-likeness (QED) is 0.850. The topological polar surface area (TPSA) is 65.7 Å². The molecule has 4 rings (SSSR count). The largest absolute Gasteiger partial charge is 0.454 e. The summed E-state index contributed by atoms with van der Waals surface area (Å²) >= 11 is 0. The van der Waals surface area contributed by atoms with Crippen LogP contribution in [0.3, 0.4) is 0 Å². The molecule has 2 aliphatic heterocycles. The first-order chi connectivity index (χ1) is 11.2. The summed E-state index contributed by atoms with van der Waals surface area (Å²) in [5.41, 5.74) is 0.528. The molecule has 1 saturated heterocycles. The van der Waals surface area contributed by atoms with E-state index in [9.17, 15) is 10.4 Å². The van der Waals surface area contributed by atoms with Crippen molar-refractivity contribution >= 4 is 0 Å². The van der Waals surface area contributed by atoms with E-state index in [1.165, 1.54) is 0 Å². The summed E-state index contributed by atoms with van der Waals surface area (Å²) in [6, 6.07) is 8.39. The fourth-order valence-electron chi connectivity index (χ4n) is 4.55. The van der Waals surface area contributed by atoms with Crippen LogP contribution in [0.2, 0.25) is 0 Å². The van der Waals surface area contributed by atoms with Gasteiger partial charge in [-0.1, -0.05) is 18.9 Å². The van der Waals surface area contributed by atoms with Crippen molar-refractivity contribution in [3.05, 3.63) is 23.8 Å². The van der Waals surface area contributed by atoms with Gasteiger partial charge in [0.1, 0.15) is 0 Å². The molecule has 5 heteroatoms. The van der Waals surface area contributed by atoms with Crippen LogP contribution in [0.4, 0.5) is 0 Å². The van der Waals surface area contributed by atoms with Crippen molar-refractivity contribution in [2.45, 2.75) is 43.7 Å². The third-order valence-electron chi connectivity index (χ3n) is 5.68. The van der Waals surface area contributed by atoms with Crippen LogP contribution in [0, 0.1) is 17.2 Å². The van der Waals surface area contributed by atoms with E-state index in [1.54, 1.807) is 0 Å². The first-order valence-corrected chi connectivity index (χ1v) is 8.44. The Balaban J connectivity index is 1.72. The monoisotopic (exact) mass is 314 g/mol. The van der Waals surface area contributed by atoms with Crippen LogP contribution >= 0.6 is 0 Å². The summed E-state index contributed by atoms with van der Waals surface area (Å²) in [6.45, 7) is 1.42. The zero-order chi connectivity index (χ0) is 15.9. The Bertz CT molecular complexity index is 642. The highest BCUT2D eigenvalue weighted by molar-refractivity contribution is 5.45. The van der Waals surface area contributed by atoms with Crippen molar-refractivity contribution in [1.29, 1.82) is 5.26 Å². The number of hydrogen-bond donors (Lipinski definition) is 1. The maximum absolute atomic E-state index is 11.1. The predicted molar refractivity (Wildman–Crippen MR) is 84.0 cm³/mol. The molecule has 2 fully saturated rings. The SMILES string of the molecule is N#CCN1CC[C@]2(O)CCCC[C@H]2[C@H]1c1ccc2c(c1)OCO2. The van der Waals surface area contributed by atoms with E-state index in [0.29, 0.717) is 6.54 Å². The lowest BCUT2D eigenvalue weighted by molar-refractivity contribution is -0.121. The van der Waals surface area contributed by atoms with E-state index in [1.807, 2.05) is 12.1 Å². The third kappa shape index (κ3) is 2.46. The van der Waals surface area contributed by atoms with Gasteiger partial charge in [0.2, 0.25) is 6.79 Å². The summed E-state index contributed by atoms with van der Waals surface area (Å²) < 4.78 is 10.9. The highest BCUT2D eigenvalue weighted by atomic mass is 16.7. The molecule has 0 unspecified atom stereocenters. The Hall–Kier alpha value is -1.77. The molecule has 1 saturated carbocycles. The summed E-state index contributed by atoms with van der Waals surface area (Å²) in [5.74, 6) is 1.72. The molecular formula is C18H22N2O3. The van der Waals surface area contributed by atoms with Gasteiger partial charge in [0.05, 0.1) is 18.2 Å². The number of benzene rings is 1. The van der Waals surface area contributed by atoms with Gasteiger partial charge in [-0.05, 0) is 37.0 Å². The molecule has 1 aliphatic carbocycles. The molecule has 5 nitrogen and oxygen atoms in total. The Kier molecular flexibility index (Phi) is 3.67. The minimum Gasteiger partial charge on any atom is -0.454 e. The number of aliphatic hydroxyl groups is 1. The predicted octanol–water partition coefficient (Wildman–Crippen LogP) is 2.61. The van der Waals surface area contributed by atoms with Crippen LogP contribution in [-0.2, 0) is 0 Å². The zero-order valence-electron chi connectivity index (χ0n) is 13.2. The van der Waals surface area contributed by atoms with E-state index >= 15 is 0 Å². The number of rotatable bonds is 2. The lowest BCUT2D eigenvalue weighted by Gasteiger charge is -2.52. The van der Waals surface area contributed by atoms with Crippen molar-refractivity contribution < 1.29 is 14.6 Å². The van der Waals surface area contributed by atoms with Crippen LogP contribution in [0.1, 0.15) is 43.7 Å². The van der Waals surface area contributed by atoms with Gasteiger partial charge in [-0.15, -0.1) is 0 Å². The highest BCUT2D eigenvalue weighted by Gasteiger charge is 2.48. The number of likely N-dealkylation sites (tertiary alicyclic amines) is 1. The zero-order valence-corrected chi connectivity index (χ0v) is 13.2. The fourth-order valence-corrected chi connectivity index (χ4v) is 4.55. The molecule has 0 amide bonds. The minimum absolute atomic E-state index is 0.0724. The number of fused-ring (bicyclic) bond motifs is 2. The third-order valence-corrected chi connectivity index (χ3v) is 5.68. The number of nitriles is 1. The fraction of sp³-hybridized carbons (Fsp3) is 0.611. The Morgan fingerprint density at radius 2 is 2.13 bits per heavy atom. The number of hydrogen-bond acceptors (Lipinski definition) is 5. The molecular weight excluding hydrogens is 292 g/mol. The smallest absolute Gasteiger partial charge is 0.231 e. The van der Waals surface area contributed by atoms with Crippen molar-refractivity contribution in [2.75, 3.05) is 19.9 Å². The van der Waals surface area contributed by atoms with Crippen LogP contribution in [0.5, 0.6) is 11.5 Å². The molecule has 122 valence electrons. The standard InChI is InChI=1S/C18H22N2O3/c19-8-10-20-9-7-18(21)6-2-1-3-14(18)17(20)13-4-5-15-16(11-13)23-12-22-15/h4-5,11,14,17,21H,1-3,6-7,9-10,12H2/t14-,17+,18+/m0/s1. The van der Waals surface area contributed by atoms with Crippen LogP contribution in [-0.4, -0.2) is 35.5 Å². The number of piperidine rings is 1. The summed E-state index contributed by atoms with van der Waals surface area (Å²) in [4.78, 5) is 2.21. The van der Waals surface area contributed by atoms with Gasteiger partial charge in [-0.2, -0.15) is 5.26 Å². The Morgan fingerprint density at radius 1 is 1.26 bits per heavy atom. The molecule has 0 aromatic heterocycles. The summed E-state index contributed by atoms with van der Waals surface area (Å²) in [7, 11) is 0. The molecule has 0 spiro atoms. The second-order valence-electron chi connectivity index (χ2n) is 6.89. The average molecular weight is 314 g/mol. The molecule has 0 bridgehead atoms. The maximum atomic E-state index is 11.1. The second kappa shape index (κ2) is 5.70. The average Bonchev–Trinajstić information content (AvgIpc) is 3.02. The van der Waals surface area contributed by atoms with Gasteiger partial charge in [-0.3, -0.25) is 4.90 Å². The van der Waals surface area contributed by atoms with Gasteiger partial charge in [-0.25, -0.2) is 0 Å².